The minimum Gasteiger partial charge on any atom is -0.0654 e. The zero-order valence-corrected chi connectivity index (χ0v) is 27.1. The van der Waals surface area contributed by atoms with Crippen molar-refractivity contribution < 1.29 is 0 Å². The Morgan fingerprint density at radius 2 is 0.405 bits per heavy atom. The van der Waals surface area contributed by atoms with Crippen LogP contribution in [0, 0.1) is 11.8 Å². The van der Waals surface area contributed by atoms with Crippen LogP contribution in [-0.2, 0) is 0 Å². The molecule has 224 valence electrons. The van der Waals surface area contributed by atoms with Gasteiger partial charge in [-0.2, -0.15) is 0 Å². The van der Waals surface area contributed by atoms with Gasteiger partial charge in [-0.15, -0.1) is 0 Å². The second kappa shape index (κ2) is 32.2. The van der Waals surface area contributed by atoms with Gasteiger partial charge in [0, 0.05) is 0 Å². The highest BCUT2D eigenvalue weighted by atomic mass is 14.1. The highest BCUT2D eigenvalue weighted by Gasteiger charge is 2.05. The molecule has 0 spiro atoms. The van der Waals surface area contributed by atoms with Gasteiger partial charge in [-0.25, -0.2) is 0 Å². The second-order valence-corrected chi connectivity index (χ2v) is 13.2. The van der Waals surface area contributed by atoms with Crippen LogP contribution in [-0.4, -0.2) is 0 Å². The highest BCUT2D eigenvalue weighted by molar-refractivity contribution is 4.59. The van der Waals surface area contributed by atoms with E-state index in [4.69, 9.17) is 0 Å². The molecule has 0 aromatic heterocycles. The minimum atomic E-state index is 0.960. The van der Waals surface area contributed by atoms with Crippen LogP contribution in [0.15, 0.2) is 0 Å². The summed E-state index contributed by atoms with van der Waals surface area (Å²) in [5.74, 6) is 1.92. The summed E-state index contributed by atoms with van der Waals surface area (Å²) in [6.07, 6.45) is 45.6. The van der Waals surface area contributed by atoms with Crippen LogP contribution in [0.4, 0.5) is 0 Å². The summed E-state index contributed by atoms with van der Waals surface area (Å²) in [7, 11) is 0. The lowest BCUT2D eigenvalue weighted by Crippen LogP contribution is -1.97. The maximum absolute atomic E-state index is 2.51. The molecule has 0 aliphatic carbocycles. The monoisotopic (exact) mass is 521 g/mol. The van der Waals surface area contributed by atoms with Crippen LogP contribution in [0.25, 0.3) is 0 Å². The van der Waals surface area contributed by atoms with Crippen molar-refractivity contribution in [1.29, 1.82) is 0 Å². The number of hydrogen-bond acceptors (Lipinski definition) is 0. The van der Waals surface area contributed by atoms with Crippen LogP contribution < -0.4 is 0 Å². The number of hydrogen-bond donors (Lipinski definition) is 0. The van der Waals surface area contributed by atoms with Crippen LogP contribution in [0.5, 0.6) is 0 Å². The lowest BCUT2D eigenvalue weighted by atomic mass is 9.93. The molecule has 0 bridgehead atoms. The summed E-state index contributed by atoms with van der Waals surface area (Å²) in [6, 6.07) is 0. The smallest absolute Gasteiger partial charge is 0.0443 e. The van der Waals surface area contributed by atoms with E-state index in [9.17, 15) is 0 Å². The fourth-order valence-corrected chi connectivity index (χ4v) is 6.12. The van der Waals surface area contributed by atoms with Gasteiger partial charge < -0.3 is 0 Å². The second-order valence-electron chi connectivity index (χ2n) is 13.2. The average Bonchev–Trinajstić information content (AvgIpc) is 2.89. The summed E-state index contributed by atoms with van der Waals surface area (Å²) in [6.45, 7) is 9.63. The third kappa shape index (κ3) is 32.1. The Kier molecular flexibility index (Phi) is 32.2. The molecule has 37 heavy (non-hydrogen) atoms. The van der Waals surface area contributed by atoms with Gasteiger partial charge in [0.25, 0.3) is 0 Å². The van der Waals surface area contributed by atoms with Gasteiger partial charge in [-0.3, -0.25) is 0 Å². The molecule has 0 N–H and O–H groups in total. The third-order valence-electron chi connectivity index (χ3n) is 8.99. The molecule has 0 unspecified atom stereocenters. The van der Waals surface area contributed by atoms with Crippen LogP contribution >= 0.6 is 0 Å². The SMILES string of the molecule is CCCCCCCCCCCCCCCC[C@H](C)CCCCC[C@H](C)CCCCCCCCCCCC. The van der Waals surface area contributed by atoms with Gasteiger partial charge in [0.15, 0.2) is 0 Å². The molecule has 0 heteroatoms. The zero-order valence-electron chi connectivity index (χ0n) is 27.1. The lowest BCUT2D eigenvalue weighted by Gasteiger charge is -2.13. The van der Waals surface area contributed by atoms with Crippen LogP contribution in [0.1, 0.15) is 227 Å². The summed E-state index contributed by atoms with van der Waals surface area (Å²) in [4.78, 5) is 0. The van der Waals surface area contributed by atoms with Crippen LogP contribution in [0.3, 0.4) is 0 Å². The molecular formula is C37H76. The molecule has 0 nitrogen and oxygen atoms in total. The fraction of sp³-hybridized carbons (Fsp3) is 1.00. The third-order valence-corrected chi connectivity index (χ3v) is 8.99. The van der Waals surface area contributed by atoms with Crippen LogP contribution in [0.2, 0.25) is 0 Å². The van der Waals surface area contributed by atoms with E-state index >= 15 is 0 Å². The van der Waals surface area contributed by atoms with E-state index in [1.165, 1.54) is 199 Å². The Labute approximate surface area is 238 Å². The van der Waals surface area contributed by atoms with Crippen molar-refractivity contribution in [2.75, 3.05) is 0 Å². The predicted molar refractivity (Wildman–Crippen MR) is 173 cm³/mol. The zero-order chi connectivity index (χ0) is 27.1. The predicted octanol–water partition coefficient (Wildman–Crippen LogP) is 14.4. The molecule has 0 heterocycles. The molecule has 0 aromatic rings. The van der Waals surface area contributed by atoms with E-state index in [0.717, 1.165) is 11.8 Å². The molecule has 0 aliphatic heterocycles. The Bertz CT molecular complexity index is 385. The van der Waals surface area contributed by atoms with Gasteiger partial charge in [-0.05, 0) is 11.8 Å². The Balaban J connectivity index is 3.25. The summed E-state index contributed by atoms with van der Waals surface area (Å²) < 4.78 is 0. The number of rotatable bonds is 32. The lowest BCUT2D eigenvalue weighted by molar-refractivity contribution is 0.407. The maximum Gasteiger partial charge on any atom is -0.0443 e. The van der Waals surface area contributed by atoms with E-state index in [1.54, 1.807) is 0 Å². The van der Waals surface area contributed by atoms with Gasteiger partial charge in [0.1, 0.15) is 0 Å². The van der Waals surface area contributed by atoms with E-state index in [1.807, 2.05) is 0 Å². The van der Waals surface area contributed by atoms with Gasteiger partial charge in [0.2, 0.25) is 0 Å². The molecule has 0 aromatic carbocycles. The van der Waals surface area contributed by atoms with Crippen molar-refractivity contribution in [2.45, 2.75) is 227 Å². The topological polar surface area (TPSA) is 0 Å². The summed E-state index contributed by atoms with van der Waals surface area (Å²) in [5.41, 5.74) is 0. The molecule has 0 fully saturated rings. The van der Waals surface area contributed by atoms with Crippen molar-refractivity contribution in [1.82, 2.24) is 0 Å². The number of unbranched alkanes of at least 4 members (excludes halogenated alkanes) is 24. The molecule has 0 rings (SSSR count). The van der Waals surface area contributed by atoms with Crippen molar-refractivity contribution in [3.05, 3.63) is 0 Å². The van der Waals surface area contributed by atoms with E-state index in [2.05, 4.69) is 27.7 Å². The molecule has 0 saturated carbocycles. The standard InChI is InChI=1S/C37H76/c1-5-7-9-11-13-15-17-18-19-20-22-24-26-29-33-37(4)35-31-27-30-34-36(3)32-28-25-23-21-16-14-12-10-8-6-2/h36-37H,5-35H2,1-4H3/t36-,37+/m1/s1. The van der Waals surface area contributed by atoms with E-state index in [-0.39, 0.29) is 0 Å². The molecule has 0 amide bonds. The van der Waals surface area contributed by atoms with Crippen molar-refractivity contribution in [2.24, 2.45) is 11.8 Å². The Morgan fingerprint density at radius 3 is 0.622 bits per heavy atom. The first-order valence-electron chi connectivity index (χ1n) is 18.2. The van der Waals surface area contributed by atoms with Gasteiger partial charge >= 0.3 is 0 Å². The van der Waals surface area contributed by atoms with Crippen molar-refractivity contribution >= 4 is 0 Å². The van der Waals surface area contributed by atoms with E-state index in [0.29, 0.717) is 0 Å². The fourth-order valence-electron chi connectivity index (χ4n) is 6.12. The molecule has 0 saturated heterocycles. The molecular weight excluding hydrogens is 444 g/mol. The quantitative estimate of drug-likeness (QED) is 0.0773. The summed E-state index contributed by atoms with van der Waals surface area (Å²) in [5, 5.41) is 0. The minimum absolute atomic E-state index is 0.960. The largest absolute Gasteiger partial charge is 0.0654 e. The summed E-state index contributed by atoms with van der Waals surface area (Å²) >= 11 is 0. The first kappa shape index (κ1) is 37.0. The molecule has 0 aliphatic rings. The Morgan fingerprint density at radius 1 is 0.243 bits per heavy atom. The normalized spacial score (nSPS) is 13.3. The van der Waals surface area contributed by atoms with E-state index < -0.39 is 0 Å². The van der Waals surface area contributed by atoms with Crippen molar-refractivity contribution in [3.8, 4) is 0 Å². The highest BCUT2D eigenvalue weighted by Crippen LogP contribution is 2.21. The molecule has 0 radical (unpaired) electrons. The van der Waals surface area contributed by atoms with Gasteiger partial charge in [0.05, 0.1) is 0 Å². The first-order chi connectivity index (χ1) is 18.2. The average molecular weight is 521 g/mol. The molecule has 2 atom stereocenters. The Hall–Kier alpha value is 0. The maximum atomic E-state index is 2.51. The van der Waals surface area contributed by atoms with Gasteiger partial charge in [-0.1, -0.05) is 227 Å². The first-order valence-corrected chi connectivity index (χ1v) is 18.2. The van der Waals surface area contributed by atoms with Crippen molar-refractivity contribution in [3.63, 3.8) is 0 Å².